The first-order valence-electron chi connectivity index (χ1n) is 7.75. The van der Waals surface area contributed by atoms with Gasteiger partial charge in [0.1, 0.15) is 5.75 Å². The molecule has 1 aromatic rings. The lowest BCUT2D eigenvalue weighted by atomic mass is 9.74. The van der Waals surface area contributed by atoms with Crippen molar-refractivity contribution in [2.24, 2.45) is 0 Å². The van der Waals surface area contributed by atoms with Crippen molar-refractivity contribution >= 4 is 0 Å². The van der Waals surface area contributed by atoms with Crippen molar-refractivity contribution in [1.29, 1.82) is 0 Å². The van der Waals surface area contributed by atoms with Crippen LogP contribution in [0.25, 0.3) is 0 Å². The van der Waals surface area contributed by atoms with Gasteiger partial charge in [-0.2, -0.15) is 0 Å². The highest BCUT2D eigenvalue weighted by atomic mass is 16.5. The van der Waals surface area contributed by atoms with Gasteiger partial charge in [-0.15, -0.1) is 0 Å². The van der Waals surface area contributed by atoms with E-state index in [4.69, 9.17) is 9.47 Å². The van der Waals surface area contributed by atoms with E-state index in [9.17, 15) is 0 Å². The van der Waals surface area contributed by atoms with E-state index in [1.807, 2.05) is 12.1 Å². The summed E-state index contributed by atoms with van der Waals surface area (Å²) in [6.07, 6.45) is 6.14. The molecule has 1 aliphatic heterocycles. The Labute approximate surface area is 121 Å². The van der Waals surface area contributed by atoms with Gasteiger partial charge in [-0.25, -0.2) is 0 Å². The first-order valence-corrected chi connectivity index (χ1v) is 7.75. The minimum Gasteiger partial charge on any atom is -0.497 e. The van der Waals surface area contributed by atoms with Gasteiger partial charge in [0.15, 0.2) is 0 Å². The predicted molar refractivity (Wildman–Crippen MR) is 80.1 cm³/mol. The first kappa shape index (κ1) is 13.9. The summed E-state index contributed by atoms with van der Waals surface area (Å²) >= 11 is 0. The van der Waals surface area contributed by atoms with Gasteiger partial charge in [0.25, 0.3) is 0 Å². The maximum Gasteiger partial charge on any atom is 0.118 e. The van der Waals surface area contributed by atoms with Gasteiger partial charge in [-0.05, 0) is 56.7 Å². The Morgan fingerprint density at radius 2 is 2.05 bits per heavy atom. The fourth-order valence-electron chi connectivity index (χ4n) is 3.43. The third-order valence-electron chi connectivity index (χ3n) is 4.86. The van der Waals surface area contributed by atoms with Gasteiger partial charge in [-0.1, -0.05) is 12.1 Å². The van der Waals surface area contributed by atoms with E-state index in [0.29, 0.717) is 12.1 Å². The fraction of sp³-hybridized carbons (Fsp3) is 0.647. The molecule has 1 spiro atoms. The van der Waals surface area contributed by atoms with Crippen LogP contribution in [0.1, 0.15) is 50.6 Å². The Hall–Kier alpha value is -1.06. The number of nitrogens with one attached hydrogen (secondary N) is 1. The summed E-state index contributed by atoms with van der Waals surface area (Å²) in [6, 6.07) is 9.32. The van der Waals surface area contributed by atoms with E-state index in [1.165, 1.54) is 31.2 Å². The molecule has 20 heavy (non-hydrogen) atoms. The van der Waals surface area contributed by atoms with Crippen LogP contribution in [0.5, 0.6) is 5.75 Å². The molecule has 2 fully saturated rings. The number of rotatable bonds is 4. The quantitative estimate of drug-likeness (QED) is 0.913. The topological polar surface area (TPSA) is 30.5 Å². The molecule has 3 heteroatoms. The standard InChI is InChI=1S/C17H25NO2/c1-13(14-4-6-16(19-2)7-5-14)18-15-8-11-20-17(12-15)9-3-10-17/h4-7,13,15,18H,3,8-12H2,1-2H3. The summed E-state index contributed by atoms with van der Waals surface area (Å²) in [5, 5.41) is 3.78. The molecule has 0 aromatic heterocycles. The lowest BCUT2D eigenvalue weighted by Crippen LogP contribution is -2.51. The molecule has 1 saturated carbocycles. The van der Waals surface area contributed by atoms with Crippen LogP contribution < -0.4 is 10.1 Å². The van der Waals surface area contributed by atoms with Gasteiger partial charge in [0, 0.05) is 18.7 Å². The van der Waals surface area contributed by atoms with E-state index in [0.717, 1.165) is 18.8 Å². The number of ether oxygens (including phenoxy) is 2. The lowest BCUT2D eigenvalue weighted by molar-refractivity contribution is -0.136. The molecule has 1 aromatic carbocycles. The second-order valence-corrected chi connectivity index (χ2v) is 6.24. The second kappa shape index (κ2) is 5.74. The highest BCUT2D eigenvalue weighted by Crippen LogP contribution is 2.42. The molecule has 2 aliphatic rings. The van der Waals surface area contributed by atoms with Crippen molar-refractivity contribution in [2.45, 2.75) is 56.7 Å². The summed E-state index contributed by atoms with van der Waals surface area (Å²) in [6.45, 7) is 3.15. The van der Waals surface area contributed by atoms with E-state index in [1.54, 1.807) is 7.11 Å². The van der Waals surface area contributed by atoms with E-state index >= 15 is 0 Å². The number of benzene rings is 1. The molecular weight excluding hydrogens is 250 g/mol. The number of hydrogen-bond donors (Lipinski definition) is 1. The monoisotopic (exact) mass is 275 g/mol. The van der Waals surface area contributed by atoms with Crippen LogP contribution >= 0.6 is 0 Å². The Morgan fingerprint density at radius 1 is 1.30 bits per heavy atom. The Kier molecular flexibility index (Phi) is 3.99. The second-order valence-electron chi connectivity index (χ2n) is 6.24. The molecule has 1 aliphatic carbocycles. The Bertz CT molecular complexity index is 439. The highest BCUT2D eigenvalue weighted by Gasteiger charge is 2.42. The molecule has 1 N–H and O–H groups in total. The summed E-state index contributed by atoms with van der Waals surface area (Å²) < 4.78 is 11.2. The zero-order chi connectivity index (χ0) is 14.0. The van der Waals surface area contributed by atoms with Crippen LogP contribution in [0.3, 0.4) is 0 Å². The van der Waals surface area contributed by atoms with E-state index in [2.05, 4.69) is 24.4 Å². The van der Waals surface area contributed by atoms with Gasteiger partial charge in [0.2, 0.25) is 0 Å². The predicted octanol–water partition coefficient (Wildman–Crippen LogP) is 3.45. The van der Waals surface area contributed by atoms with Crippen LogP contribution in [0.2, 0.25) is 0 Å². The normalized spacial score (nSPS) is 26.0. The minimum atomic E-state index is 0.218. The molecule has 0 bridgehead atoms. The van der Waals surface area contributed by atoms with Crippen molar-refractivity contribution < 1.29 is 9.47 Å². The van der Waals surface area contributed by atoms with Crippen LogP contribution in [0.4, 0.5) is 0 Å². The summed E-state index contributed by atoms with van der Waals surface area (Å²) in [5.41, 5.74) is 1.54. The van der Waals surface area contributed by atoms with E-state index in [-0.39, 0.29) is 5.60 Å². The highest BCUT2D eigenvalue weighted by molar-refractivity contribution is 5.28. The maximum atomic E-state index is 5.99. The molecule has 3 rings (SSSR count). The van der Waals surface area contributed by atoms with Gasteiger partial charge in [-0.3, -0.25) is 0 Å². The van der Waals surface area contributed by atoms with Gasteiger partial charge in [0.05, 0.1) is 12.7 Å². The number of methoxy groups -OCH3 is 1. The Balaban J connectivity index is 1.58. The van der Waals surface area contributed by atoms with Crippen LogP contribution in [0, 0.1) is 0 Å². The van der Waals surface area contributed by atoms with Gasteiger partial charge >= 0.3 is 0 Å². The molecular formula is C17H25NO2. The van der Waals surface area contributed by atoms with Crippen molar-refractivity contribution in [3.63, 3.8) is 0 Å². The van der Waals surface area contributed by atoms with Crippen LogP contribution in [0.15, 0.2) is 24.3 Å². The molecule has 110 valence electrons. The third kappa shape index (κ3) is 2.84. The molecule has 2 unspecified atom stereocenters. The summed E-state index contributed by atoms with van der Waals surface area (Å²) in [7, 11) is 1.71. The van der Waals surface area contributed by atoms with Gasteiger partial charge < -0.3 is 14.8 Å². The zero-order valence-corrected chi connectivity index (χ0v) is 12.5. The third-order valence-corrected chi connectivity index (χ3v) is 4.86. The van der Waals surface area contributed by atoms with Crippen molar-refractivity contribution in [3.05, 3.63) is 29.8 Å². The number of hydrogen-bond acceptors (Lipinski definition) is 3. The average molecular weight is 275 g/mol. The largest absolute Gasteiger partial charge is 0.497 e. The SMILES string of the molecule is COc1ccc(C(C)NC2CCOC3(CCC3)C2)cc1. The molecule has 1 saturated heterocycles. The lowest BCUT2D eigenvalue weighted by Gasteiger charge is -2.47. The zero-order valence-electron chi connectivity index (χ0n) is 12.5. The molecule has 0 radical (unpaired) electrons. The van der Waals surface area contributed by atoms with Crippen molar-refractivity contribution in [3.8, 4) is 5.75 Å². The van der Waals surface area contributed by atoms with Crippen molar-refractivity contribution in [1.82, 2.24) is 5.32 Å². The van der Waals surface area contributed by atoms with E-state index < -0.39 is 0 Å². The van der Waals surface area contributed by atoms with Crippen LogP contribution in [-0.4, -0.2) is 25.4 Å². The molecule has 3 nitrogen and oxygen atoms in total. The molecule has 1 heterocycles. The first-order chi connectivity index (χ1) is 9.71. The van der Waals surface area contributed by atoms with Crippen molar-refractivity contribution in [2.75, 3.05) is 13.7 Å². The van der Waals surface area contributed by atoms with Crippen LogP contribution in [-0.2, 0) is 4.74 Å². The Morgan fingerprint density at radius 3 is 2.65 bits per heavy atom. The smallest absolute Gasteiger partial charge is 0.118 e. The molecule has 0 amide bonds. The molecule has 2 atom stereocenters. The minimum absolute atomic E-state index is 0.218. The average Bonchev–Trinajstić information content (AvgIpc) is 2.46. The summed E-state index contributed by atoms with van der Waals surface area (Å²) in [5.74, 6) is 0.917. The maximum absolute atomic E-state index is 5.99. The summed E-state index contributed by atoms with van der Waals surface area (Å²) in [4.78, 5) is 0. The fourth-order valence-corrected chi connectivity index (χ4v) is 3.43.